The Kier molecular flexibility index (Phi) is 4.00. The van der Waals surface area contributed by atoms with Gasteiger partial charge in [0.15, 0.2) is 0 Å². The number of piperidine rings is 1. The van der Waals surface area contributed by atoms with Crippen LogP contribution in [0.4, 0.5) is 10.1 Å². The number of rotatable bonds is 3. The highest BCUT2D eigenvalue weighted by molar-refractivity contribution is 5.54. The molecule has 0 spiro atoms. The normalized spacial score (nSPS) is 17.5. The van der Waals surface area contributed by atoms with Crippen molar-refractivity contribution in [1.29, 1.82) is 0 Å². The lowest BCUT2D eigenvalue weighted by Crippen LogP contribution is -2.33. The molecular weight excluding hydrogens is 215 g/mol. The van der Waals surface area contributed by atoms with Crippen molar-refractivity contribution in [2.75, 3.05) is 25.0 Å². The first-order valence-corrected chi connectivity index (χ1v) is 6.38. The summed E-state index contributed by atoms with van der Waals surface area (Å²) in [5.74, 6) is 0.670. The topological polar surface area (TPSA) is 15.3 Å². The van der Waals surface area contributed by atoms with Crippen molar-refractivity contribution in [2.45, 2.75) is 26.3 Å². The van der Waals surface area contributed by atoms with Crippen LogP contribution in [0.3, 0.4) is 0 Å². The Bertz CT molecular complexity index is 370. The number of halogens is 1. The molecule has 1 N–H and O–H groups in total. The lowest BCUT2D eigenvalue weighted by atomic mass is 9.98. The van der Waals surface area contributed by atoms with Gasteiger partial charge in [0.2, 0.25) is 0 Å². The number of nitrogens with zero attached hydrogens (tertiary/aromatic N) is 1. The van der Waals surface area contributed by atoms with Crippen LogP contribution in [0.5, 0.6) is 0 Å². The maximum Gasteiger partial charge on any atom is 0.123 e. The molecule has 0 bridgehead atoms. The molecule has 1 aliphatic heterocycles. The van der Waals surface area contributed by atoms with Gasteiger partial charge in [-0.05, 0) is 49.6 Å². The Labute approximate surface area is 103 Å². The van der Waals surface area contributed by atoms with E-state index in [9.17, 15) is 4.39 Å². The van der Waals surface area contributed by atoms with Crippen LogP contribution in [0, 0.1) is 11.7 Å². The molecule has 3 heteroatoms. The summed E-state index contributed by atoms with van der Waals surface area (Å²) < 4.78 is 13.3. The van der Waals surface area contributed by atoms with Crippen molar-refractivity contribution in [3.63, 3.8) is 0 Å². The maximum atomic E-state index is 13.3. The van der Waals surface area contributed by atoms with E-state index < -0.39 is 0 Å². The molecular formula is C14H21FN2. The summed E-state index contributed by atoms with van der Waals surface area (Å²) in [7, 11) is 1.90. The minimum absolute atomic E-state index is 0.149. The molecule has 0 unspecified atom stereocenters. The highest BCUT2D eigenvalue weighted by Crippen LogP contribution is 2.26. The molecule has 0 radical (unpaired) electrons. The van der Waals surface area contributed by atoms with E-state index in [2.05, 4.69) is 17.1 Å². The first kappa shape index (κ1) is 12.4. The van der Waals surface area contributed by atoms with Crippen molar-refractivity contribution < 1.29 is 4.39 Å². The summed E-state index contributed by atoms with van der Waals surface area (Å²) in [5, 5.41) is 3.11. The van der Waals surface area contributed by atoms with Crippen LogP contribution in [0.25, 0.3) is 0 Å². The average molecular weight is 236 g/mol. The van der Waals surface area contributed by atoms with E-state index >= 15 is 0 Å². The summed E-state index contributed by atoms with van der Waals surface area (Å²) in [5.41, 5.74) is 2.25. The molecule has 1 aliphatic rings. The Morgan fingerprint density at radius 3 is 2.71 bits per heavy atom. The fourth-order valence-corrected chi connectivity index (χ4v) is 2.44. The van der Waals surface area contributed by atoms with Crippen LogP contribution in [-0.2, 0) is 6.54 Å². The summed E-state index contributed by atoms with van der Waals surface area (Å²) in [6.45, 7) is 5.20. The van der Waals surface area contributed by atoms with Gasteiger partial charge in [-0.2, -0.15) is 0 Å². The zero-order valence-corrected chi connectivity index (χ0v) is 10.7. The first-order valence-electron chi connectivity index (χ1n) is 6.38. The van der Waals surface area contributed by atoms with Crippen LogP contribution in [0.15, 0.2) is 18.2 Å². The summed E-state index contributed by atoms with van der Waals surface area (Å²) in [6, 6.07) is 5.12. The smallest absolute Gasteiger partial charge is 0.123 e. The minimum Gasteiger partial charge on any atom is -0.371 e. The van der Waals surface area contributed by atoms with E-state index in [1.165, 1.54) is 18.5 Å². The molecule has 1 fully saturated rings. The molecule has 2 rings (SSSR count). The molecule has 94 valence electrons. The van der Waals surface area contributed by atoms with Gasteiger partial charge < -0.3 is 10.2 Å². The minimum atomic E-state index is -0.149. The molecule has 0 aliphatic carbocycles. The van der Waals surface area contributed by atoms with Crippen LogP contribution < -0.4 is 10.2 Å². The summed E-state index contributed by atoms with van der Waals surface area (Å²) in [4.78, 5) is 2.38. The van der Waals surface area contributed by atoms with Gasteiger partial charge in [-0.3, -0.25) is 0 Å². The number of nitrogens with one attached hydrogen (secondary N) is 1. The molecule has 0 saturated carbocycles. The standard InChI is InChI=1S/C14H21FN2/c1-11-5-7-17(8-6-11)14-4-3-13(15)9-12(14)10-16-2/h3-4,9,11,16H,5-8,10H2,1-2H3. The molecule has 1 aromatic carbocycles. The van der Waals surface area contributed by atoms with Crippen molar-refractivity contribution in [3.05, 3.63) is 29.6 Å². The summed E-state index contributed by atoms with van der Waals surface area (Å²) in [6.07, 6.45) is 2.47. The molecule has 2 nitrogen and oxygen atoms in total. The fraction of sp³-hybridized carbons (Fsp3) is 0.571. The fourth-order valence-electron chi connectivity index (χ4n) is 2.44. The van der Waals surface area contributed by atoms with Crippen LogP contribution in [-0.4, -0.2) is 20.1 Å². The van der Waals surface area contributed by atoms with E-state index in [-0.39, 0.29) is 5.82 Å². The van der Waals surface area contributed by atoms with E-state index in [1.807, 2.05) is 13.1 Å². The lowest BCUT2D eigenvalue weighted by molar-refractivity contribution is 0.437. The average Bonchev–Trinajstić information content (AvgIpc) is 2.31. The van der Waals surface area contributed by atoms with E-state index in [4.69, 9.17) is 0 Å². The van der Waals surface area contributed by atoms with Gasteiger partial charge in [0.1, 0.15) is 5.82 Å². The monoisotopic (exact) mass is 236 g/mol. The second kappa shape index (κ2) is 5.50. The largest absolute Gasteiger partial charge is 0.371 e. The Morgan fingerprint density at radius 2 is 2.06 bits per heavy atom. The molecule has 0 amide bonds. The van der Waals surface area contributed by atoms with Crippen molar-refractivity contribution in [3.8, 4) is 0 Å². The van der Waals surface area contributed by atoms with Gasteiger partial charge >= 0.3 is 0 Å². The molecule has 1 saturated heterocycles. The van der Waals surface area contributed by atoms with E-state index in [0.29, 0.717) is 0 Å². The Balaban J connectivity index is 2.18. The van der Waals surface area contributed by atoms with Gasteiger partial charge in [0.05, 0.1) is 0 Å². The number of hydrogen-bond acceptors (Lipinski definition) is 2. The van der Waals surface area contributed by atoms with Gasteiger partial charge in [-0.1, -0.05) is 6.92 Å². The predicted molar refractivity (Wildman–Crippen MR) is 69.8 cm³/mol. The molecule has 1 heterocycles. The van der Waals surface area contributed by atoms with Gasteiger partial charge in [-0.15, -0.1) is 0 Å². The van der Waals surface area contributed by atoms with Crippen LogP contribution >= 0.6 is 0 Å². The predicted octanol–water partition coefficient (Wildman–Crippen LogP) is 2.78. The van der Waals surface area contributed by atoms with Crippen molar-refractivity contribution >= 4 is 5.69 Å². The number of anilines is 1. The third-order valence-corrected chi connectivity index (χ3v) is 3.53. The SMILES string of the molecule is CNCc1cc(F)ccc1N1CCC(C)CC1. The second-order valence-electron chi connectivity index (χ2n) is 4.97. The van der Waals surface area contributed by atoms with E-state index in [0.717, 1.165) is 31.1 Å². The highest BCUT2D eigenvalue weighted by atomic mass is 19.1. The second-order valence-corrected chi connectivity index (χ2v) is 4.97. The molecule has 0 atom stereocenters. The third-order valence-electron chi connectivity index (χ3n) is 3.53. The zero-order valence-electron chi connectivity index (χ0n) is 10.7. The molecule has 1 aromatic rings. The van der Waals surface area contributed by atoms with Gasteiger partial charge in [0, 0.05) is 25.3 Å². The van der Waals surface area contributed by atoms with Crippen LogP contribution in [0.1, 0.15) is 25.3 Å². The maximum absolute atomic E-state index is 13.3. The lowest BCUT2D eigenvalue weighted by Gasteiger charge is -2.33. The Hall–Kier alpha value is -1.09. The highest BCUT2D eigenvalue weighted by Gasteiger charge is 2.18. The molecule has 0 aromatic heterocycles. The van der Waals surface area contributed by atoms with Gasteiger partial charge in [0.25, 0.3) is 0 Å². The summed E-state index contributed by atoms with van der Waals surface area (Å²) >= 11 is 0. The van der Waals surface area contributed by atoms with Crippen LogP contribution in [0.2, 0.25) is 0 Å². The first-order chi connectivity index (χ1) is 8.20. The number of hydrogen-bond donors (Lipinski definition) is 1. The number of benzene rings is 1. The van der Waals surface area contributed by atoms with Crippen molar-refractivity contribution in [1.82, 2.24) is 5.32 Å². The Morgan fingerprint density at radius 1 is 1.35 bits per heavy atom. The zero-order chi connectivity index (χ0) is 12.3. The van der Waals surface area contributed by atoms with Crippen molar-refractivity contribution in [2.24, 2.45) is 5.92 Å². The van der Waals surface area contributed by atoms with E-state index in [1.54, 1.807) is 12.1 Å². The molecule has 17 heavy (non-hydrogen) atoms. The van der Waals surface area contributed by atoms with Gasteiger partial charge in [-0.25, -0.2) is 4.39 Å². The quantitative estimate of drug-likeness (QED) is 0.868. The third kappa shape index (κ3) is 2.97.